The van der Waals surface area contributed by atoms with Crippen molar-refractivity contribution in [2.24, 2.45) is 5.92 Å². The number of piperidine rings is 3. The number of amides is 1. The number of rotatable bonds is 3. The molecule has 0 unspecified atom stereocenters. The van der Waals surface area contributed by atoms with Gasteiger partial charge >= 0.3 is 0 Å². The van der Waals surface area contributed by atoms with Crippen molar-refractivity contribution in [3.05, 3.63) is 35.0 Å². The average Bonchev–Trinajstić information content (AvgIpc) is 3.28. The number of benzene rings is 1. The number of carbonyl (C=O) groups is 1. The Morgan fingerprint density at radius 3 is 2.85 bits per heavy atom. The number of aryl methyl sites for hydroxylation is 1. The van der Waals surface area contributed by atoms with Gasteiger partial charge < -0.3 is 14.7 Å². The standard InChI is InChI=1S/C19H20N4O2S/c1-11-20-18(22-25-11)14-3-2-13-8-17(26-16(13)9-14)19(24)21-15-10-23-6-4-12(15)5-7-23/h2-3,8-9,12,15H,4-7,10H2,1H3,(H,21,24)/t15-/m0/s1. The Hall–Kier alpha value is -2.25. The van der Waals surface area contributed by atoms with Gasteiger partial charge in [0.05, 0.1) is 4.88 Å². The van der Waals surface area contributed by atoms with Crippen LogP contribution in [0.25, 0.3) is 21.5 Å². The molecule has 3 aliphatic rings. The van der Waals surface area contributed by atoms with E-state index in [1.54, 1.807) is 6.92 Å². The van der Waals surface area contributed by atoms with Crippen LogP contribution in [0.2, 0.25) is 0 Å². The lowest BCUT2D eigenvalue weighted by molar-refractivity contribution is 0.0622. The van der Waals surface area contributed by atoms with Crippen LogP contribution in [0.1, 0.15) is 28.4 Å². The summed E-state index contributed by atoms with van der Waals surface area (Å²) in [7, 11) is 0. The lowest BCUT2D eigenvalue weighted by Gasteiger charge is -2.44. The lowest BCUT2D eigenvalue weighted by atomic mass is 9.84. The third-order valence-electron chi connectivity index (χ3n) is 5.50. The number of nitrogens with zero attached hydrogens (tertiary/aromatic N) is 3. The zero-order valence-corrected chi connectivity index (χ0v) is 15.4. The fourth-order valence-electron chi connectivity index (χ4n) is 4.07. The van der Waals surface area contributed by atoms with E-state index >= 15 is 0 Å². The van der Waals surface area contributed by atoms with Crippen molar-refractivity contribution < 1.29 is 9.32 Å². The average molecular weight is 368 g/mol. The first-order valence-electron chi connectivity index (χ1n) is 9.03. The van der Waals surface area contributed by atoms with E-state index in [1.807, 2.05) is 24.3 Å². The molecule has 0 saturated carbocycles. The summed E-state index contributed by atoms with van der Waals surface area (Å²) in [4.78, 5) is 20.2. The molecule has 3 fully saturated rings. The molecule has 0 spiro atoms. The molecule has 0 aliphatic carbocycles. The molecular weight excluding hydrogens is 348 g/mol. The van der Waals surface area contributed by atoms with Gasteiger partial charge in [-0.05, 0) is 49.4 Å². The van der Waals surface area contributed by atoms with Crippen LogP contribution in [-0.2, 0) is 0 Å². The molecule has 2 aromatic heterocycles. The number of hydrogen-bond acceptors (Lipinski definition) is 6. The Morgan fingerprint density at radius 1 is 1.31 bits per heavy atom. The molecule has 1 atom stereocenters. The van der Waals surface area contributed by atoms with Crippen molar-refractivity contribution in [2.75, 3.05) is 19.6 Å². The topological polar surface area (TPSA) is 71.3 Å². The minimum atomic E-state index is 0.0434. The van der Waals surface area contributed by atoms with Crippen molar-refractivity contribution in [3.8, 4) is 11.4 Å². The SMILES string of the molecule is Cc1nc(-c2ccc3cc(C(=O)N[C@H]4CN5CCC4CC5)sc3c2)no1. The molecule has 26 heavy (non-hydrogen) atoms. The fourth-order valence-corrected chi connectivity index (χ4v) is 5.07. The smallest absolute Gasteiger partial charge is 0.261 e. The second-order valence-corrected chi connectivity index (χ2v) is 8.30. The van der Waals surface area contributed by atoms with E-state index in [0.717, 1.165) is 27.1 Å². The normalized spacial score (nSPS) is 24.9. The fraction of sp³-hybridized carbons (Fsp3) is 0.421. The highest BCUT2D eigenvalue weighted by Crippen LogP contribution is 2.31. The van der Waals surface area contributed by atoms with E-state index in [0.29, 0.717) is 17.6 Å². The first kappa shape index (κ1) is 16.0. The number of carbonyl (C=O) groups excluding carboxylic acids is 1. The van der Waals surface area contributed by atoms with Gasteiger partial charge in [0.15, 0.2) is 0 Å². The number of aromatic nitrogens is 2. The summed E-state index contributed by atoms with van der Waals surface area (Å²) in [6.45, 7) is 5.12. The zero-order valence-electron chi connectivity index (χ0n) is 14.6. The molecule has 0 radical (unpaired) electrons. The molecule has 134 valence electrons. The molecule has 1 N–H and O–H groups in total. The van der Waals surface area contributed by atoms with Gasteiger partial charge in [0.25, 0.3) is 5.91 Å². The second-order valence-electron chi connectivity index (χ2n) is 7.22. The predicted octanol–water partition coefficient (Wildman–Crippen LogP) is 3.08. The molecule has 1 aromatic carbocycles. The van der Waals surface area contributed by atoms with Crippen LogP contribution in [-0.4, -0.2) is 46.6 Å². The largest absolute Gasteiger partial charge is 0.347 e. The molecule has 6 rings (SSSR count). The van der Waals surface area contributed by atoms with Gasteiger partial charge in [-0.3, -0.25) is 4.79 Å². The molecule has 3 saturated heterocycles. The highest BCUT2D eigenvalue weighted by atomic mass is 32.1. The van der Waals surface area contributed by atoms with Crippen LogP contribution >= 0.6 is 11.3 Å². The Balaban J connectivity index is 1.38. The monoisotopic (exact) mass is 368 g/mol. The maximum Gasteiger partial charge on any atom is 0.261 e. The van der Waals surface area contributed by atoms with Gasteiger partial charge in [0, 0.05) is 29.8 Å². The summed E-state index contributed by atoms with van der Waals surface area (Å²) >= 11 is 1.52. The first-order chi connectivity index (χ1) is 12.7. The number of fused-ring (bicyclic) bond motifs is 4. The Morgan fingerprint density at radius 2 is 2.15 bits per heavy atom. The summed E-state index contributed by atoms with van der Waals surface area (Å²) in [5.74, 6) is 1.80. The summed E-state index contributed by atoms with van der Waals surface area (Å²) in [5, 5.41) is 8.30. The van der Waals surface area contributed by atoms with E-state index in [2.05, 4.69) is 20.4 Å². The van der Waals surface area contributed by atoms with Gasteiger partial charge in [0.2, 0.25) is 11.7 Å². The molecule has 7 heteroatoms. The van der Waals surface area contributed by atoms with E-state index in [4.69, 9.17) is 4.52 Å². The second kappa shape index (κ2) is 6.17. The summed E-state index contributed by atoms with van der Waals surface area (Å²) in [5.41, 5.74) is 0.903. The van der Waals surface area contributed by atoms with Crippen molar-refractivity contribution in [1.29, 1.82) is 0 Å². The third kappa shape index (κ3) is 2.81. The van der Waals surface area contributed by atoms with E-state index in [9.17, 15) is 4.79 Å². The van der Waals surface area contributed by atoms with Gasteiger partial charge in [-0.25, -0.2) is 0 Å². The quantitative estimate of drug-likeness (QED) is 0.769. The van der Waals surface area contributed by atoms with Crippen LogP contribution in [0.3, 0.4) is 0 Å². The van der Waals surface area contributed by atoms with Crippen molar-refractivity contribution in [2.45, 2.75) is 25.8 Å². The maximum absolute atomic E-state index is 12.8. The Labute approximate surface area is 155 Å². The minimum Gasteiger partial charge on any atom is -0.347 e. The summed E-state index contributed by atoms with van der Waals surface area (Å²) in [6.07, 6.45) is 2.40. The summed E-state index contributed by atoms with van der Waals surface area (Å²) < 4.78 is 6.12. The number of nitrogens with one attached hydrogen (secondary N) is 1. The first-order valence-corrected chi connectivity index (χ1v) is 9.85. The molecule has 6 nitrogen and oxygen atoms in total. The van der Waals surface area contributed by atoms with Crippen molar-refractivity contribution in [3.63, 3.8) is 0 Å². The molecule has 2 bridgehead atoms. The van der Waals surface area contributed by atoms with Gasteiger partial charge in [0.1, 0.15) is 0 Å². The molecular formula is C19H20N4O2S. The third-order valence-corrected chi connectivity index (χ3v) is 6.60. The van der Waals surface area contributed by atoms with Crippen LogP contribution in [0.5, 0.6) is 0 Å². The molecule has 3 aromatic rings. The number of hydrogen-bond donors (Lipinski definition) is 1. The highest BCUT2D eigenvalue weighted by molar-refractivity contribution is 7.20. The Bertz CT molecular complexity index is 971. The molecule has 5 heterocycles. The van der Waals surface area contributed by atoms with E-state index in [-0.39, 0.29) is 11.9 Å². The van der Waals surface area contributed by atoms with Crippen molar-refractivity contribution >= 4 is 27.3 Å². The van der Waals surface area contributed by atoms with Gasteiger partial charge in [-0.2, -0.15) is 4.98 Å². The van der Waals surface area contributed by atoms with E-state index in [1.165, 1.54) is 37.3 Å². The minimum absolute atomic E-state index is 0.0434. The van der Waals surface area contributed by atoms with Crippen LogP contribution in [0.15, 0.2) is 28.8 Å². The van der Waals surface area contributed by atoms with Gasteiger partial charge in [-0.15, -0.1) is 11.3 Å². The van der Waals surface area contributed by atoms with Crippen LogP contribution in [0, 0.1) is 12.8 Å². The lowest BCUT2D eigenvalue weighted by Crippen LogP contribution is -2.57. The Kier molecular flexibility index (Phi) is 3.79. The van der Waals surface area contributed by atoms with E-state index < -0.39 is 0 Å². The summed E-state index contributed by atoms with van der Waals surface area (Å²) in [6, 6.07) is 8.26. The zero-order chi connectivity index (χ0) is 17.7. The maximum atomic E-state index is 12.8. The molecule has 1 amide bonds. The van der Waals surface area contributed by atoms with Gasteiger partial charge in [-0.1, -0.05) is 17.3 Å². The molecule has 3 aliphatic heterocycles. The van der Waals surface area contributed by atoms with Crippen molar-refractivity contribution in [1.82, 2.24) is 20.4 Å². The predicted molar refractivity (Wildman–Crippen MR) is 100 cm³/mol. The number of thiophene rings is 1. The van der Waals surface area contributed by atoms with Crippen LogP contribution in [0.4, 0.5) is 0 Å². The highest BCUT2D eigenvalue weighted by Gasteiger charge is 2.35. The van der Waals surface area contributed by atoms with Crippen LogP contribution < -0.4 is 5.32 Å².